The van der Waals surface area contributed by atoms with Crippen LogP contribution < -0.4 is 5.32 Å². The van der Waals surface area contributed by atoms with Gasteiger partial charge in [0.25, 0.3) is 0 Å². The maximum Gasteiger partial charge on any atom is 0.407 e. The lowest BCUT2D eigenvalue weighted by Crippen LogP contribution is -2.57. The van der Waals surface area contributed by atoms with E-state index >= 15 is 0 Å². The van der Waals surface area contributed by atoms with Gasteiger partial charge in [0.05, 0.1) is 14.2 Å². The molecule has 120 valence electrons. The first-order valence-electron chi connectivity index (χ1n) is 7.15. The van der Waals surface area contributed by atoms with E-state index in [1.165, 1.54) is 19.1 Å². The summed E-state index contributed by atoms with van der Waals surface area (Å²) in [6.07, 6.45) is 1.64. The topological polar surface area (TPSA) is 84.9 Å². The highest BCUT2D eigenvalue weighted by atomic mass is 16.5. The van der Waals surface area contributed by atoms with Crippen LogP contribution in [0.15, 0.2) is 0 Å². The molecule has 7 nitrogen and oxygen atoms in total. The number of carbonyl (C=O) groups excluding carboxylic acids is 3. The third-order valence-electron chi connectivity index (χ3n) is 3.65. The van der Waals surface area contributed by atoms with E-state index in [1.807, 2.05) is 13.8 Å². The van der Waals surface area contributed by atoms with Gasteiger partial charge >= 0.3 is 12.1 Å². The molecule has 1 N–H and O–H groups in total. The third-order valence-corrected chi connectivity index (χ3v) is 3.65. The fourth-order valence-corrected chi connectivity index (χ4v) is 2.45. The number of ether oxygens (including phenoxy) is 2. The van der Waals surface area contributed by atoms with E-state index in [1.54, 1.807) is 0 Å². The molecule has 1 aliphatic heterocycles. The average Bonchev–Trinajstić information content (AvgIpc) is 2.50. The highest BCUT2D eigenvalue weighted by Crippen LogP contribution is 2.20. The molecule has 0 saturated carbocycles. The summed E-state index contributed by atoms with van der Waals surface area (Å²) in [5, 5.41) is 2.54. The zero-order valence-corrected chi connectivity index (χ0v) is 13.0. The number of nitrogens with zero attached hydrogens (tertiary/aromatic N) is 1. The van der Waals surface area contributed by atoms with Gasteiger partial charge in [0, 0.05) is 6.54 Å². The second-order valence-electron chi connectivity index (χ2n) is 5.42. The fraction of sp³-hybridized carbons (Fsp3) is 0.786. The van der Waals surface area contributed by atoms with E-state index in [2.05, 4.69) is 10.1 Å². The molecule has 21 heavy (non-hydrogen) atoms. The van der Waals surface area contributed by atoms with Gasteiger partial charge in [-0.3, -0.25) is 4.79 Å². The minimum absolute atomic E-state index is 0.114. The highest BCUT2D eigenvalue weighted by Gasteiger charge is 2.37. The molecule has 0 aromatic carbocycles. The lowest BCUT2D eigenvalue weighted by Gasteiger charge is -2.37. The molecule has 2 amide bonds. The molecule has 0 aromatic heterocycles. The molecule has 0 aliphatic carbocycles. The number of piperidine rings is 1. The van der Waals surface area contributed by atoms with Gasteiger partial charge in [-0.2, -0.15) is 0 Å². The van der Waals surface area contributed by atoms with Gasteiger partial charge in [0.2, 0.25) is 5.91 Å². The lowest BCUT2D eigenvalue weighted by atomic mass is 9.97. The van der Waals surface area contributed by atoms with Crippen molar-refractivity contribution < 1.29 is 23.9 Å². The Morgan fingerprint density at radius 1 is 1.14 bits per heavy atom. The zero-order chi connectivity index (χ0) is 16.0. The van der Waals surface area contributed by atoms with Gasteiger partial charge in [-0.25, -0.2) is 9.59 Å². The van der Waals surface area contributed by atoms with Crippen LogP contribution in [0.25, 0.3) is 0 Å². The zero-order valence-electron chi connectivity index (χ0n) is 13.0. The molecule has 0 spiro atoms. The van der Waals surface area contributed by atoms with Crippen LogP contribution in [0.4, 0.5) is 4.79 Å². The molecule has 1 heterocycles. The van der Waals surface area contributed by atoms with Crippen molar-refractivity contribution in [3.63, 3.8) is 0 Å². The summed E-state index contributed by atoms with van der Waals surface area (Å²) >= 11 is 0. The Morgan fingerprint density at radius 2 is 1.81 bits per heavy atom. The Bertz CT molecular complexity index is 397. The SMILES string of the molecule is COC(=O)N[C@H](C(=O)N1CCCC[C@H]1C(=O)OC)C(C)C. The van der Waals surface area contributed by atoms with Crippen molar-refractivity contribution in [2.45, 2.75) is 45.2 Å². The van der Waals surface area contributed by atoms with Crippen molar-refractivity contribution in [1.82, 2.24) is 10.2 Å². The van der Waals surface area contributed by atoms with E-state index < -0.39 is 24.1 Å². The van der Waals surface area contributed by atoms with Crippen LogP contribution in [0.2, 0.25) is 0 Å². The summed E-state index contributed by atoms with van der Waals surface area (Å²) in [6, 6.07) is -1.29. The maximum atomic E-state index is 12.7. The molecule has 2 atom stereocenters. The Kier molecular flexibility index (Phi) is 6.45. The van der Waals surface area contributed by atoms with E-state index in [0.717, 1.165) is 12.8 Å². The number of alkyl carbamates (subject to hydrolysis) is 1. The minimum Gasteiger partial charge on any atom is -0.467 e. The summed E-state index contributed by atoms with van der Waals surface area (Å²) in [4.78, 5) is 37.4. The molecular weight excluding hydrogens is 276 g/mol. The molecule has 0 aromatic rings. The van der Waals surface area contributed by atoms with Crippen LogP contribution in [0.3, 0.4) is 0 Å². The van der Waals surface area contributed by atoms with Crippen LogP contribution in [0, 0.1) is 5.92 Å². The molecule has 1 fully saturated rings. The fourth-order valence-electron chi connectivity index (χ4n) is 2.45. The third kappa shape index (κ3) is 4.34. The van der Waals surface area contributed by atoms with Crippen molar-refractivity contribution in [1.29, 1.82) is 0 Å². The summed E-state index contributed by atoms with van der Waals surface area (Å²) in [5.74, 6) is -0.800. The van der Waals surface area contributed by atoms with Crippen molar-refractivity contribution in [3.05, 3.63) is 0 Å². The molecule has 1 aliphatic rings. The van der Waals surface area contributed by atoms with Crippen molar-refractivity contribution >= 4 is 18.0 Å². The number of likely N-dealkylation sites (tertiary alicyclic amines) is 1. The summed E-state index contributed by atoms with van der Waals surface area (Å²) < 4.78 is 9.32. The summed E-state index contributed by atoms with van der Waals surface area (Å²) in [5.41, 5.74) is 0. The van der Waals surface area contributed by atoms with Crippen LogP contribution in [-0.4, -0.2) is 55.7 Å². The minimum atomic E-state index is -0.720. The largest absolute Gasteiger partial charge is 0.467 e. The van der Waals surface area contributed by atoms with Crippen LogP contribution >= 0.6 is 0 Å². The Labute approximate surface area is 124 Å². The quantitative estimate of drug-likeness (QED) is 0.780. The summed E-state index contributed by atoms with van der Waals surface area (Å²) in [7, 11) is 2.56. The number of hydrogen-bond acceptors (Lipinski definition) is 5. The first kappa shape index (κ1) is 17.3. The van der Waals surface area contributed by atoms with Gasteiger partial charge in [-0.15, -0.1) is 0 Å². The number of methoxy groups -OCH3 is 2. The lowest BCUT2D eigenvalue weighted by molar-refractivity contribution is -0.155. The standard InChI is InChI=1S/C14H24N2O5/c1-9(2)11(15-14(19)21-4)12(17)16-8-6-5-7-10(16)13(18)20-3/h9-11H,5-8H2,1-4H3,(H,15,19)/t10-,11-/m0/s1. The van der Waals surface area contributed by atoms with Gasteiger partial charge < -0.3 is 19.7 Å². The molecular formula is C14H24N2O5. The van der Waals surface area contributed by atoms with Gasteiger partial charge in [-0.1, -0.05) is 13.8 Å². The Hall–Kier alpha value is -1.79. The normalized spacial score (nSPS) is 19.9. The highest BCUT2D eigenvalue weighted by molar-refractivity contribution is 5.90. The first-order chi connectivity index (χ1) is 9.92. The smallest absolute Gasteiger partial charge is 0.407 e. The van der Waals surface area contributed by atoms with E-state index in [0.29, 0.717) is 13.0 Å². The van der Waals surface area contributed by atoms with Gasteiger partial charge in [0.1, 0.15) is 12.1 Å². The molecule has 1 rings (SSSR count). The number of esters is 1. The summed E-state index contributed by atoms with van der Waals surface area (Å²) in [6.45, 7) is 4.15. The molecule has 1 saturated heterocycles. The number of carbonyl (C=O) groups is 3. The number of amides is 2. The van der Waals surface area contributed by atoms with Gasteiger partial charge in [0.15, 0.2) is 0 Å². The van der Waals surface area contributed by atoms with Crippen LogP contribution in [-0.2, 0) is 19.1 Å². The second kappa shape index (κ2) is 7.85. The maximum absolute atomic E-state index is 12.7. The predicted molar refractivity (Wildman–Crippen MR) is 75.5 cm³/mol. The van der Waals surface area contributed by atoms with E-state index in [-0.39, 0.29) is 11.8 Å². The number of hydrogen-bond donors (Lipinski definition) is 1. The first-order valence-corrected chi connectivity index (χ1v) is 7.15. The van der Waals surface area contributed by atoms with Crippen molar-refractivity contribution in [2.75, 3.05) is 20.8 Å². The van der Waals surface area contributed by atoms with Gasteiger partial charge in [-0.05, 0) is 25.2 Å². The molecule has 7 heteroatoms. The van der Waals surface area contributed by atoms with E-state index in [9.17, 15) is 14.4 Å². The molecule has 0 unspecified atom stereocenters. The van der Waals surface area contributed by atoms with Crippen molar-refractivity contribution in [3.8, 4) is 0 Å². The van der Waals surface area contributed by atoms with E-state index in [4.69, 9.17) is 4.74 Å². The molecule has 0 bridgehead atoms. The Morgan fingerprint density at radius 3 is 2.33 bits per heavy atom. The predicted octanol–water partition coefficient (Wildman–Crippen LogP) is 0.921. The van der Waals surface area contributed by atoms with Crippen molar-refractivity contribution in [2.24, 2.45) is 5.92 Å². The average molecular weight is 300 g/mol. The number of rotatable bonds is 4. The molecule has 0 radical (unpaired) electrons. The van der Waals surface area contributed by atoms with Crippen LogP contribution in [0.1, 0.15) is 33.1 Å². The monoisotopic (exact) mass is 300 g/mol. The second-order valence-corrected chi connectivity index (χ2v) is 5.42. The number of nitrogens with one attached hydrogen (secondary N) is 1. The Balaban J connectivity index is 2.89. The van der Waals surface area contributed by atoms with Crippen LogP contribution in [0.5, 0.6) is 0 Å².